The monoisotopic (exact) mass is 481 g/mol. The van der Waals surface area contributed by atoms with Crippen LogP contribution >= 0.6 is 31.9 Å². The zero-order valence-corrected chi connectivity index (χ0v) is 17.5. The van der Waals surface area contributed by atoms with Crippen LogP contribution in [-0.4, -0.2) is 14.2 Å². The van der Waals surface area contributed by atoms with E-state index < -0.39 is 0 Å². The lowest BCUT2D eigenvalue weighted by Crippen LogP contribution is -2.29. The second kappa shape index (κ2) is 6.89. The maximum Gasteiger partial charge on any atom is 0.174 e. The Bertz CT molecular complexity index is 900. The van der Waals surface area contributed by atoms with E-state index in [9.17, 15) is 4.39 Å². The zero-order chi connectivity index (χ0) is 18.4. The fourth-order valence-corrected chi connectivity index (χ4v) is 5.14. The number of allylic oxidation sites excluding steroid dienone is 2. The van der Waals surface area contributed by atoms with Gasteiger partial charge >= 0.3 is 0 Å². The number of benzene rings is 2. The van der Waals surface area contributed by atoms with Crippen molar-refractivity contribution in [2.75, 3.05) is 19.5 Å². The Balaban J connectivity index is 1.82. The van der Waals surface area contributed by atoms with Crippen LogP contribution in [0.3, 0.4) is 0 Å². The molecule has 0 fully saturated rings. The third-order valence-electron chi connectivity index (χ3n) is 5.20. The van der Waals surface area contributed by atoms with Crippen molar-refractivity contribution >= 4 is 37.5 Å². The van der Waals surface area contributed by atoms with Crippen LogP contribution in [0.25, 0.3) is 0 Å². The molecule has 0 saturated carbocycles. The number of nitrogens with one attached hydrogen (secondary N) is 1. The molecule has 0 amide bonds. The summed E-state index contributed by atoms with van der Waals surface area (Å²) in [6, 6.07) is 7.50. The molecule has 0 aromatic heterocycles. The summed E-state index contributed by atoms with van der Waals surface area (Å²) >= 11 is 6.98. The summed E-state index contributed by atoms with van der Waals surface area (Å²) < 4.78 is 27.1. The lowest BCUT2D eigenvalue weighted by atomic mass is 9.77. The van der Waals surface area contributed by atoms with Crippen LogP contribution in [0, 0.1) is 11.7 Å². The second-order valence-corrected chi connectivity index (χ2v) is 8.34. The number of anilines is 1. The molecule has 3 nitrogen and oxygen atoms in total. The average molecular weight is 483 g/mol. The molecule has 3 atom stereocenters. The average Bonchev–Trinajstić information content (AvgIpc) is 3.10. The molecule has 1 heterocycles. The van der Waals surface area contributed by atoms with Crippen molar-refractivity contribution in [2.45, 2.75) is 18.4 Å². The fourth-order valence-electron chi connectivity index (χ4n) is 4.07. The highest BCUT2D eigenvalue weighted by Gasteiger charge is 2.39. The van der Waals surface area contributed by atoms with Gasteiger partial charge in [0, 0.05) is 10.4 Å². The Labute approximate surface area is 168 Å². The lowest BCUT2D eigenvalue weighted by molar-refractivity contribution is 0.351. The standard InChI is InChI=1S/C20H18Br2FNO2/c1-25-17-7-10(6-15(22)20(17)26-2)18-13-5-3-4-12(13)14-8-11(21)9-16(23)19(14)24-18/h3-4,6-9,12-13,18,24H,5H2,1-2H3/t12-,13-,18-/m0/s1. The van der Waals surface area contributed by atoms with Crippen LogP contribution in [0.15, 0.2) is 45.4 Å². The minimum absolute atomic E-state index is 0.0192. The van der Waals surface area contributed by atoms with E-state index in [1.165, 1.54) is 6.07 Å². The van der Waals surface area contributed by atoms with Crippen LogP contribution in [-0.2, 0) is 0 Å². The minimum atomic E-state index is -0.238. The summed E-state index contributed by atoms with van der Waals surface area (Å²) in [5.74, 6) is 1.58. The molecule has 6 heteroatoms. The maximum atomic E-state index is 14.7. The summed E-state index contributed by atoms with van der Waals surface area (Å²) in [5.41, 5.74) is 2.63. The molecule has 4 rings (SSSR count). The molecule has 1 N–H and O–H groups in total. The van der Waals surface area contributed by atoms with E-state index in [-0.39, 0.29) is 17.8 Å². The van der Waals surface area contributed by atoms with Gasteiger partial charge in [0.2, 0.25) is 0 Å². The first-order chi connectivity index (χ1) is 12.5. The molecular formula is C20H18Br2FNO2. The van der Waals surface area contributed by atoms with Crippen molar-refractivity contribution in [1.82, 2.24) is 0 Å². The lowest BCUT2D eigenvalue weighted by Gasteiger charge is -2.38. The molecule has 26 heavy (non-hydrogen) atoms. The highest BCUT2D eigenvalue weighted by atomic mass is 79.9. The normalized spacial score (nSPS) is 23.2. The third-order valence-corrected chi connectivity index (χ3v) is 6.25. The highest BCUT2D eigenvalue weighted by molar-refractivity contribution is 9.10. The van der Waals surface area contributed by atoms with E-state index in [0.29, 0.717) is 23.1 Å². The van der Waals surface area contributed by atoms with Crippen molar-refractivity contribution in [3.63, 3.8) is 0 Å². The minimum Gasteiger partial charge on any atom is -0.493 e. The van der Waals surface area contributed by atoms with Gasteiger partial charge in [-0.2, -0.15) is 0 Å². The molecule has 0 bridgehead atoms. The SMILES string of the molecule is COc1cc([C@@H]2Nc3c(F)cc(Br)cc3[C@H]3C=CC[C@@H]32)cc(Br)c1OC. The molecule has 2 aromatic carbocycles. The number of halogens is 3. The number of methoxy groups -OCH3 is 2. The summed E-state index contributed by atoms with van der Waals surface area (Å²) in [7, 11) is 3.23. The van der Waals surface area contributed by atoms with Gasteiger partial charge in [0.05, 0.1) is 30.4 Å². The molecule has 0 radical (unpaired) electrons. The number of hydrogen-bond donors (Lipinski definition) is 1. The van der Waals surface area contributed by atoms with E-state index in [1.807, 2.05) is 18.2 Å². The van der Waals surface area contributed by atoms with Gasteiger partial charge in [-0.1, -0.05) is 28.1 Å². The topological polar surface area (TPSA) is 30.5 Å². The van der Waals surface area contributed by atoms with Gasteiger partial charge in [-0.25, -0.2) is 4.39 Å². The Kier molecular flexibility index (Phi) is 4.73. The van der Waals surface area contributed by atoms with E-state index >= 15 is 0 Å². The predicted octanol–water partition coefficient (Wildman–Crippen LogP) is 6.19. The van der Waals surface area contributed by atoms with Crippen molar-refractivity contribution in [3.05, 3.63) is 62.3 Å². The van der Waals surface area contributed by atoms with Crippen molar-refractivity contribution in [3.8, 4) is 11.5 Å². The summed E-state index contributed by atoms with van der Waals surface area (Å²) in [6.07, 6.45) is 5.33. The van der Waals surface area contributed by atoms with Crippen molar-refractivity contribution in [1.29, 1.82) is 0 Å². The first-order valence-electron chi connectivity index (χ1n) is 8.37. The van der Waals surface area contributed by atoms with Crippen LogP contribution < -0.4 is 14.8 Å². The van der Waals surface area contributed by atoms with Gasteiger partial charge in [-0.05, 0) is 63.7 Å². The Hall–Kier alpha value is -1.53. The highest BCUT2D eigenvalue weighted by Crippen LogP contribution is 2.52. The predicted molar refractivity (Wildman–Crippen MR) is 108 cm³/mol. The van der Waals surface area contributed by atoms with Crippen LogP contribution in [0.4, 0.5) is 10.1 Å². The van der Waals surface area contributed by atoms with Crippen molar-refractivity contribution in [2.24, 2.45) is 5.92 Å². The van der Waals surface area contributed by atoms with Gasteiger partial charge in [-0.3, -0.25) is 0 Å². The molecule has 2 aromatic rings. The Morgan fingerprint density at radius 2 is 1.92 bits per heavy atom. The molecule has 1 aliphatic heterocycles. The molecule has 136 valence electrons. The summed E-state index contributed by atoms with van der Waals surface area (Å²) in [4.78, 5) is 0. The number of rotatable bonds is 3. The Morgan fingerprint density at radius 1 is 1.12 bits per heavy atom. The zero-order valence-electron chi connectivity index (χ0n) is 14.4. The molecular weight excluding hydrogens is 465 g/mol. The number of hydrogen-bond acceptors (Lipinski definition) is 3. The Morgan fingerprint density at radius 3 is 2.65 bits per heavy atom. The molecule has 0 unspecified atom stereocenters. The largest absolute Gasteiger partial charge is 0.493 e. The van der Waals surface area contributed by atoms with Gasteiger partial charge in [0.25, 0.3) is 0 Å². The van der Waals surface area contributed by atoms with E-state index in [4.69, 9.17) is 9.47 Å². The van der Waals surface area contributed by atoms with Gasteiger partial charge < -0.3 is 14.8 Å². The van der Waals surface area contributed by atoms with Crippen molar-refractivity contribution < 1.29 is 13.9 Å². The van der Waals surface area contributed by atoms with E-state index in [2.05, 4.69) is 49.3 Å². The van der Waals surface area contributed by atoms with Gasteiger partial charge in [0.15, 0.2) is 11.5 Å². The number of ether oxygens (including phenoxy) is 2. The quantitative estimate of drug-likeness (QED) is 0.528. The van der Waals surface area contributed by atoms with Gasteiger partial charge in [0.1, 0.15) is 5.82 Å². The van der Waals surface area contributed by atoms with E-state index in [1.54, 1.807) is 14.2 Å². The molecule has 2 aliphatic rings. The number of fused-ring (bicyclic) bond motifs is 3. The first kappa shape index (κ1) is 17.9. The van der Waals surface area contributed by atoms with Crippen LogP contribution in [0.5, 0.6) is 11.5 Å². The molecule has 0 saturated heterocycles. The third kappa shape index (κ3) is 2.83. The first-order valence-corrected chi connectivity index (χ1v) is 9.95. The summed E-state index contributed by atoms with van der Waals surface area (Å²) in [5, 5.41) is 3.44. The van der Waals surface area contributed by atoms with Crippen LogP contribution in [0.1, 0.15) is 29.5 Å². The molecule has 0 spiro atoms. The van der Waals surface area contributed by atoms with Gasteiger partial charge in [-0.15, -0.1) is 0 Å². The molecule has 1 aliphatic carbocycles. The maximum absolute atomic E-state index is 14.7. The smallest absolute Gasteiger partial charge is 0.174 e. The second-order valence-electron chi connectivity index (χ2n) is 6.57. The fraction of sp³-hybridized carbons (Fsp3) is 0.300. The summed E-state index contributed by atoms with van der Waals surface area (Å²) in [6.45, 7) is 0. The van der Waals surface area contributed by atoms with Crippen LogP contribution in [0.2, 0.25) is 0 Å². The van der Waals surface area contributed by atoms with E-state index in [0.717, 1.165) is 26.5 Å².